The van der Waals surface area contributed by atoms with E-state index in [9.17, 15) is 0 Å². The average molecular weight is 261 g/mol. The first-order valence-corrected chi connectivity index (χ1v) is 7.04. The summed E-state index contributed by atoms with van der Waals surface area (Å²) >= 11 is 0. The molecule has 106 valence electrons. The molecule has 19 heavy (non-hydrogen) atoms. The lowest BCUT2D eigenvalue weighted by Gasteiger charge is -2.24. The number of aryl methyl sites for hydroxylation is 1. The van der Waals surface area contributed by atoms with Gasteiger partial charge < -0.3 is 4.84 Å². The Morgan fingerprint density at radius 3 is 2.58 bits per heavy atom. The summed E-state index contributed by atoms with van der Waals surface area (Å²) in [7, 11) is 0. The van der Waals surface area contributed by atoms with Crippen LogP contribution in [0.5, 0.6) is 0 Å². The van der Waals surface area contributed by atoms with Crippen molar-refractivity contribution in [2.75, 3.05) is 6.61 Å². The summed E-state index contributed by atoms with van der Waals surface area (Å²) in [5.74, 6) is 0.681. The normalized spacial score (nSPS) is 12.9. The Balaban J connectivity index is 2.57. The molecule has 0 amide bonds. The van der Waals surface area contributed by atoms with Gasteiger partial charge in [-0.25, -0.2) is 0 Å². The van der Waals surface area contributed by atoms with Gasteiger partial charge in [-0.2, -0.15) is 0 Å². The zero-order valence-corrected chi connectivity index (χ0v) is 13.2. The molecule has 0 saturated heterocycles. The molecule has 0 fully saturated rings. The standard InChI is InChI=1S/C17H27NO/c1-13(2)11-17(5,6)12-19-18-15(4)16-9-7-8-14(3)10-16/h7-10,13H,11-12H2,1-6H3. The predicted molar refractivity (Wildman–Crippen MR) is 82.6 cm³/mol. The van der Waals surface area contributed by atoms with E-state index in [1.165, 1.54) is 5.56 Å². The maximum absolute atomic E-state index is 5.54. The summed E-state index contributed by atoms with van der Waals surface area (Å²) in [6.07, 6.45) is 1.14. The van der Waals surface area contributed by atoms with Gasteiger partial charge in [0.25, 0.3) is 0 Å². The van der Waals surface area contributed by atoms with E-state index in [-0.39, 0.29) is 5.41 Å². The zero-order chi connectivity index (χ0) is 14.5. The molecule has 2 nitrogen and oxygen atoms in total. The van der Waals surface area contributed by atoms with E-state index in [4.69, 9.17) is 4.84 Å². The summed E-state index contributed by atoms with van der Waals surface area (Å²) in [4.78, 5) is 5.54. The molecule has 0 radical (unpaired) electrons. The lowest BCUT2D eigenvalue weighted by Crippen LogP contribution is -2.20. The minimum absolute atomic E-state index is 0.171. The van der Waals surface area contributed by atoms with Gasteiger partial charge in [-0.3, -0.25) is 0 Å². The van der Waals surface area contributed by atoms with E-state index in [0.717, 1.165) is 17.7 Å². The number of hydrogen-bond acceptors (Lipinski definition) is 2. The summed E-state index contributed by atoms with van der Waals surface area (Å²) in [6, 6.07) is 8.33. The largest absolute Gasteiger partial charge is 0.395 e. The summed E-state index contributed by atoms with van der Waals surface area (Å²) in [6.45, 7) is 13.7. The van der Waals surface area contributed by atoms with Gasteiger partial charge in [-0.05, 0) is 31.7 Å². The van der Waals surface area contributed by atoms with Gasteiger partial charge in [0.2, 0.25) is 0 Å². The van der Waals surface area contributed by atoms with E-state index >= 15 is 0 Å². The van der Waals surface area contributed by atoms with Crippen molar-refractivity contribution in [3.05, 3.63) is 35.4 Å². The molecule has 0 aliphatic heterocycles. The Bertz CT molecular complexity index is 433. The molecule has 0 heterocycles. The van der Waals surface area contributed by atoms with Crippen molar-refractivity contribution in [3.63, 3.8) is 0 Å². The zero-order valence-electron chi connectivity index (χ0n) is 13.2. The molecule has 0 atom stereocenters. The van der Waals surface area contributed by atoms with Crippen LogP contribution in [-0.2, 0) is 4.84 Å². The second-order valence-electron chi connectivity index (χ2n) is 6.58. The molecule has 0 saturated carbocycles. The molecule has 2 heteroatoms. The van der Waals surface area contributed by atoms with Crippen molar-refractivity contribution in [2.45, 2.75) is 48.0 Å². The fourth-order valence-electron chi connectivity index (χ4n) is 2.39. The quantitative estimate of drug-likeness (QED) is 0.532. The van der Waals surface area contributed by atoms with Crippen molar-refractivity contribution < 1.29 is 4.84 Å². The predicted octanol–water partition coefficient (Wildman–Crippen LogP) is 4.81. The Hall–Kier alpha value is -1.31. The van der Waals surface area contributed by atoms with Gasteiger partial charge in [0, 0.05) is 5.41 Å². The molecular formula is C17H27NO. The summed E-state index contributed by atoms with van der Waals surface area (Å²) < 4.78 is 0. The maximum Gasteiger partial charge on any atom is 0.122 e. The molecule has 0 N–H and O–H groups in total. The van der Waals surface area contributed by atoms with Gasteiger partial charge in [0.15, 0.2) is 0 Å². The van der Waals surface area contributed by atoms with Crippen LogP contribution in [0.2, 0.25) is 0 Å². The monoisotopic (exact) mass is 261 g/mol. The highest BCUT2D eigenvalue weighted by Gasteiger charge is 2.20. The molecule has 0 aromatic heterocycles. The molecular weight excluding hydrogens is 234 g/mol. The van der Waals surface area contributed by atoms with E-state index in [1.807, 2.05) is 13.0 Å². The lowest BCUT2D eigenvalue weighted by atomic mass is 9.85. The van der Waals surface area contributed by atoms with Crippen molar-refractivity contribution in [1.82, 2.24) is 0 Å². The van der Waals surface area contributed by atoms with Gasteiger partial charge in [-0.15, -0.1) is 0 Å². The van der Waals surface area contributed by atoms with Crippen LogP contribution in [0.4, 0.5) is 0 Å². The highest BCUT2D eigenvalue weighted by atomic mass is 16.6. The van der Waals surface area contributed by atoms with Crippen molar-refractivity contribution in [3.8, 4) is 0 Å². The van der Waals surface area contributed by atoms with E-state index in [1.54, 1.807) is 0 Å². The van der Waals surface area contributed by atoms with Crippen LogP contribution >= 0.6 is 0 Å². The number of rotatable bonds is 6. The van der Waals surface area contributed by atoms with E-state index in [2.05, 4.69) is 58.0 Å². The first kappa shape index (κ1) is 15.7. The molecule has 0 aliphatic rings. The second-order valence-corrected chi connectivity index (χ2v) is 6.58. The molecule has 0 bridgehead atoms. The second kappa shape index (κ2) is 6.74. The van der Waals surface area contributed by atoms with Crippen LogP contribution in [-0.4, -0.2) is 12.3 Å². The van der Waals surface area contributed by atoms with Gasteiger partial charge in [-0.1, -0.05) is 62.7 Å². The Kier molecular flexibility index (Phi) is 5.59. The molecule has 0 aliphatic carbocycles. The topological polar surface area (TPSA) is 21.6 Å². The van der Waals surface area contributed by atoms with Crippen LogP contribution in [0.1, 0.15) is 52.2 Å². The number of oxime groups is 1. The van der Waals surface area contributed by atoms with Crippen molar-refractivity contribution in [2.24, 2.45) is 16.5 Å². The SMILES string of the molecule is CC(=NOCC(C)(C)CC(C)C)c1cccc(C)c1. The van der Waals surface area contributed by atoms with Crippen molar-refractivity contribution in [1.29, 1.82) is 0 Å². The molecule has 1 rings (SSSR count). The number of benzene rings is 1. The van der Waals surface area contributed by atoms with Gasteiger partial charge >= 0.3 is 0 Å². The van der Waals surface area contributed by atoms with E-state index < -0.39 is 0 Å². The Morgan fingerprint density at radius 1 is 1.32 bits per heavy atom. The molecule has 0 spiro atoms. The third kappa shape index (κ3) is 5.91. The third-order valence-electron chi connectivity index (χ3n) is 3.05. The summed E-state index contributed by atoms with van der Waals surface area (Å²) in [5.41, 5.74) is 3.47. The number of nitrogens with zero attached hydrogens (tertiary/aromatic N) is 1. The van der Waals surface area contributed by atoms with E-state index in [0.29, 0.717) is 12.5 Å². The fourth-order valence-corrected chi connectivity index (χ4v) is 2.39. The Labute approximate surface area is 117 Å². The molecule has 1 aromatic carbocycles. The Morgan fingerprint density at radius 2 is 2.00 bits per heavy atom. The first-order chi connectivity index (χ1) is 8.80. The average Bonchev–Trinajstić information content (AvgIpc) is 2.26. The third-order valence-corrected chi connectivity index (χ3v) is 3.05. The lowest BCUT2D eigenvalue weighted by molar-refractivity contribution is 0.0559. The highest BCUT2D eigenvalue weighted by Crippen LogP contribution is 2.25. The summed E-state index contributed by atoms with van der Waals surface area (Å²) in [5, 5.41) is 4.24. The van der Waals surface area contributed by atoms with Crippen LogP contribution in [0.25, 0.3) is 0 Å². The van der Waals surface area contributed by atoms with Crippen molar-refractivity contribution >= 4 is 5.71 Å². The number of hydrogen-bond donors (Lipinski definition) is 0. The van der Waals surface area contributed by atoms with Gasteiger partial charge in [0.1, 0.15) is 6.61 Å². The smallest absolute Gasteiger partial charge is 0.122 e. The fraction of sp³-hybridized carbons (Fsp3) is 0.588. The maximum atomic E-state index is 5.54. The molecule has 1 aromatic rings. The first-order valence-electron chi connectivity index (χ1n) is 7.04. The van der Waals surface area contributed by atoms with Crippen LogP contribution in [0.3, 0.4) is 0 Å². The van der Waals surface area contributed by atoms with Gasteiger partial charge in [0.05, 0.1) is 5.71 Å². The molecule has 0 unspecified atom stereocenters. The minimum Gasteiger partial charge on any atom is -0.395 e. The van der Waals surface area contributed by atoms with Crippen LogP contribution in [0.15, 0.2) is 29.4 Å². The minimum atomic E-state index is 0.171. The van der Waals surface area contributed by atoms with Crippen LogP contribution in [0, 0.1) is 18.3 Å². The van der Waals surface area contributed by atoms with Crippen LogP contribution < -0.4 is 0 Å². The highest BCUT2D eigenvalue weighted by molar-refractivity contribution is 5.98.